The van der Waals surface area contributed by atoms with Crippen molar-refractivity contribution < 1.29 is 14.2 Å². The molecule has 0 N–H and O–H groups in total. The van der Waals surface area contributed by atoms with Gasteiger partial charge in [-0.05, 0) is 36.3 Å². The van der Waals surface area contributed by atoms with E-state index in [9.17, 15) is 0 Å². The van der Waals surface area contributed by atoms with Gasteiger partial charge in [-0.3, -0.25) is 4.90 Å². The van der Waals surface area contributed by atoms with Crippen LogP contribution in [-0.2, 0) is 4.74 Å². The van der Waals surface area contributed by atoms with E-state index in [2.05, 4.69) is 40.2 Å². The molecule has 1 aromatic heterocycles. The fourth-order valence-electron chi connectivity index (χ4n) is 4.39. The van der Waals surface area contributed by atoms with E-state index in [0.29, 0.717) is 24.3 Å². The van der Waals surface area contributed by atoms with Crippen molar-refractivity contribution in [1.82, 2.24) is 9.88 Å². The number of hydrogen-bond donors (Lipinski definition) is 0. The number of ether oxygens (including phenoxy) is 3. The van der Waals surface area contributed by atoms with E-state index in [1.165, 1.54) is 31.2 Å². The second-order valence-electron chi connectivity index (χ2n) is 8.01. The van der Waals surface area contributed by atoms with Crippen LogP contribution in [0, 0.1) is 5.92 Å². The Morgan fingerprint density at radius 3 is 2.59 bits per heavy atom. The molecule has 2 unspecified atom stereocenters. The van der Waals surface area contributed by atoms with Crippen LogP contribution in [0.3, 0.4) is 0 Å². The zero-order valence-electron chi connectivity index (χ0n) is 17.2. The van der Waals surface area contributed by atoms with Crippen molar-refractivity contribution in [2.24, 2.45) is 5.92 Å². The molecule has 0 radical (unpaired) electrons. The lowest BCUT2D eigenvalue weighted by Gasteiger charge is -2.31. The number of benzene rings is 1. The van der Waals surface area contributed by atoms with Crippen LogP contribution >= 0.6 is 0 Å². The number of rotatable bonds is 8. The Bertz CT molecular complexity index is 717. The average molecular weight is 397 g/mol. The number of pyridine rings is 1. The van der Waals surface area contributed by atoms with Gasteiger partial charge >= 0.3 is 0 Å². The van der Waals surface area contributed by atoms with Crippen LogP contribution in [0.5, 0.6) is 11.6 Å². The Morgan fingerprint density at radius 1 is 0.966 bits per heavy atom. The van der Waals surface area contributed by atoms with Crippen LogP contribution in [0.1, 0.15) is 37.2 Å². The van der Waals surface area contributed by atoms with Gasteiger partial charge in [-0.25, -0.2) is 4.98 Å². The predicted octanol–water partition coefficient (Wildman–Crippen LogP) is 4.15. The summed E-state index contributed by atoms with van der Waals surface area (Å²) in [7, 11) is 0. The van der Waals surface area contributed by atoms with Gasteiger partial charge in [0.15, 0.2) is 0 Å². The minimum Gasteiger partial charge on any atom is -0.492 e. The van der Waals surface area contributed by atoms with Crippen LogP contribution in [0.25, 0.3) is 0 Å². The van der Waals surface area contributed by atoms with Crippen molar-refractivity contribution in [1.29, 1.82) is 0 Å². The molecule has 2 aliphatic rings. The van der Waals surface area contributed by atoms with Gasteiger partial charge in [-0.1, -0.05) is 43.2 Å². The maximum atomic E-state index is 6.11. The van der Waals surface area contributed by atoms with Crippen LogP contribution in [-0.4, -0.2) is 55.9 Å². The molecule has 1 saturated carbocycles. The summed E-state index contributed by atoms with van der Waals surface area (Å²) in [6, 6.07) is 14.8. The fraction of sp³-hybridized carbons (Fsp3) is 0.542. The summed E-state index contributed by atoms with van der Waals surface area (Å²) in [5.74, 6) is 2.64. The smallest absolute Gasteiger partial charge is 0.213 e. The lowest BCUT2D eigenvalue weighted by atomic mass is 9.76. The van der Waals surface area contributed by atoms with Gasteiger partial charge in [0, 0.05) is 25.7 Å². The molecule has 0 bridgehead atoms. The quantitative estimate of drug-likeness (QED) is 0.671. The SMILES string of the molecule is c1ccc(C2CCCCC2COc2ccc(OCCN3CCOCC3)nc2)cc1. The molecule has 1 aliphatic carbocycles. The summed E-state index contributed by atoms with van der Waals surface area (Å²) in [5, 5.41) is 0. The second kappa shape index (κ2) is 10.6. The van der Waals surface area contributed by atoms with E-state index in [4.69, 9.17) is 14.2 Å². The van der Waals surface area contributed by atoms with Crippen molar-refractivity contribution in [3.8, 4) is 11.6 Å². The Kier molecular flexibility index (Phi) is 7.38. The Morgan fingerprint density at radius 2 is 1.79 bits per heavy atom. The predicted molar refractivity (Wildman–Crippen MR) is 114 cm³/mol. The van der Waals surface area contributed by atoms with Crippen molar-refractivity contribution in [2.75, 3.05) is 46.1 Å². The highest BCUT2D eigenvalue weighted by atomic mass is 16.5. The monoisotopic (exact) mass is 396 g/mol. The van der Waals surface area contributed by atoms with E-state index >= 15 is 0 Å². The third-order valence-corrected chi connectivity index (χ3v) is 6.07. The Labute approximate surface area is 174 Å². The Balaban J connectivity index is 1.24. The first-order chi connectivity index (χ1) is 14.4. The standard InChI is InChI=1S/C24H32N2O3/c1-2-6-20(7-3-1)23-9-5-4-8-21(23)19-29-22-10-11-24(25-18-22)28-17-14-26-12-15-27-16-13-26/h1-3,6-7,10-11,18,21,23H,4-5,8-9,12-17,19H2. The molecule has 1 aliphatic heterocycles. The van der Waals surface area contributed by atoms with Gasteiger partial charge in [0.25, 0.3) is 0 Å². The van der Waals surface area contributed by atoms with Crippen molar-refractivity contribution in [3.05, 3.63) is 54.2 Å². The van der Waals surface area contributed by atoms with Crippen LogP contribution in [0.4, 0.5) is 0 Å². The number of morpholine rings is 1. The summed E-state index contributed by atoms with van der Waals surface area (Å²) < 4.78 is 17.3. The van der Waals surface area contributed by atoms with Gasteiger partial charge in [0.1, 0.15) is 12.4 Å². The highest BCUT2D eigenvalue weighted by Gasteiger charge is 2.27. The van der Waals surface area contributed by atoms with Crippen molar-refractivity contribution in [3.63, 3.8) is 0 Å². The van der Waals surface area contributed by atoms with Gasteiger partial charge in [-0.15, -0.1) is 0 Å². The van der Waals surface area contributed by atoms with E-state index in [1.54, 1.807) is 6.20 Å². The fourth-order valence-corrected chi connectivity index (χ4v) is 4.39. The van der Waals surface area contributed by atoms with Gasteiger partial charge in [0.05, 0.1) is 26.0 Å². The molecule has 156 valence electrons. The summed E-state index contributed by atoms with van der Waals surface area (Å²) in [5.41, 5.74) is 1.45. The Hall–Kier alpha value is -2.11. The molecule has 29 heavy (non-hydrogen) atoms. The molecular formula is C24H32N2O3. The molecule has 0 spiro atoms. The van der Waals surface area contributed by atoms with Crippen molar-refractivity contribution in [2.45, 2.75) is 31.6 Å². The minimum absolute atomic E-state index is 0.565. The first-order valence-electron chi connectivity index (χ1n) is 11.0. The van der Waals surface area contributed by atoms with Gasteiger partial charge < -0.3 is 14.2 Å². The summed E-state index contributed by atoms with van der Waals surface area (Å²) in [6.45, 7) is 5.90. The highest BCUT2D eigenvalue weighted by Crippen LogP contribution is 2.38. The third kappa shape index (κ3) is 5.94. The molecule has 2 aromatic rings. The molecule has 2 fully saturated rings. The van der Waals surface area contributed by atoms with E-state index in [-0.39, 0.29) is 0 Å². The van der Waals surface area contributed by atoms with Crippen LogP contribution in [0.2, 0.25) is 0 Å². The number of nitrogens with zero attached hydrogens (tertiary/aromatic N) is 2. The van der Waals surface area contributed by atoms with Crippen LogP contribution < -0.4 is 9.47 Å². The molecule has 1 aromatic carbocycles. The molecular weight excluding hydrogens is 364 g/mol. The normalized spacial score (nSPS) is 22.9. The van der Waals surface area contributed by atoms with Crippen LogP contribution in [0.15, 0.2) is 48.7 Å². The number of aromatic nitrogens is 1. The maximum absolute atomic E-state index is 6.11. The molecule has 2 heterocycles. The molecule has 4 rings (SSSR count). The van der Waals surface area contributed by atoms with E-state index in [1.807, 2.05) is 12.1 Å². The van der Waals surface area contributed by atoms with Gasteiger partial charge in [0.2, 0.25) is 5.88 Å². The lowest BCUT2D eigenvalue weighted by molar-refractivity contribution is 0.0320. The first-order valence-corrected chi connectivity index (χ1v) is 11.0. The molecule has 1 saturated heterocycles. The average Bonchev–Trinajstić information content (AvgIpc) is 2.80. The topological polar surface area (TPSA) is 43.8 Å². The third-order valence-electron chi connectivity index (χ3n) is 6.07. The molecule has 0 amide bonds. The minimum atomic E-state index is 0.565. The van der Waals surface area contributed by atoms with E-state index in [0.717, 1.165) is 45.2 Å². The molecule has 2 atom stereocenters. The van der Waals surface area contributed by atoms with E-state index < -0.39 is 0 Å². The largest absolute Gasteiger partial charge is 0.492 e. The second-order valence-corrected chi connectivity index (χ2v) is 8.01. The molecule has 5 heteroatoms. The highest BCUT2D eigenvalue weighted by molar-refractivity contribution is 5.24. The summed E-state index contributed by atoms with van der Waals surface area (Å²) >= 11 is 0. The zero-order chi connectivity index (χ0) is 19.7. The summed E-state index contributed by atoms with van der Waals surface area (Å²) in [6.07, 6.45) is 6.88. The lowest BCUT2D eigenvalue weighted by Crippen LogP contribution is -2.38. The zero-order valence-corrected chi connectivity index (χ0v) is 17.2. The first kappa shape index (κ1) is 20.2. The maximum Gasteiger partial charge on any atom is 0.213 e. The van der Waals surface area contributed by atoms with Crippen molar-refractivity contribution >= 4 is 0 Å². The van der Waals surface area contributed by atoms with Gasteiger partial charge in [-0.2, -0.15) is 0 Å². The summed E-state index contributed by atoms with van der Waals surface area (Å²) in [4.78, 5) is 6.77. The number of hydrogen-bond acceptors (Lipinski definition) is 5. The molecule has 5 nitrogen and oxygen atoms in total.